The van der Waals surface area contributed by atoms with Gasteiger partial charge >= 0.3 is 5.97 Å². The lowest BCUT2D eigenvalue weighted by molar-refractivity contribution is -0.145. The van der Waals surface area contributed by atoms with Crippen LogP contribution in [-0.4, -0.2) is 42.1 Å². The molecule has 13 heteroatoms. The third kappa shape index (κ3) is 6.83. The first-order chi connectivity index (χ1) is 13.9. The van der Waals surface area contributed by atoms with Gasteiger partial charge in [-0.25, -0.2) is 22.0 Å². The number of hydrogen-bond donors (Lipinski definition) is 2. The zero-order valence-corrected chi connectivity index (χ0v) is 18.7. The summed E-state index contributed by atoms with van der Waals surface area (Å²) in [5, 5.41) is 5.25. The second-order valence-corrected chi connectivity index (χ2v) is 10.0. The molecule has 0 aliphatic rings. The van der Waals surface area contributed by atoms with Gasteiger partial charge in [0.1, 0.15) is 25.0 Å². The van der Waals surface area contributed by atoms with Crippen LogP contribution in [0.15, 0.2) is 52.3 Å². The molecule has 2 aromatic carbocycles. The molecule has 2 aromatic rings. The second-order valence-electron chi connectivity index (χ2n) is 5.95. The van der Waals surface area contributed by atoms with Crippen molar-refractivity contribution < 1.29 is 31.1 Å². The fraction of sp³-hybridized carbons (Fsp3) is 0.235. The Morgan fingerprint density at radius 3 is 2.17 bits per heavy atom. The van der Waals surface area contributed by atoms with E-state index in [4.69, 9.17) is 37.8 Å². The Morgan fingerprint density at radius 1 is 1.00 bits per heavy atom. The van der Waals surface area contributed by atoms with Crippen molar-refractivity contribution >= 4 is 49.2 Å². The summed E-state index contributed by atoms with van der Waals surface area (Å²) in [7, 11) is -7.82. The highest BCUT2D eigenvalue weighted by atomic mass is 35.5. The Kier molecular flexibility index (Phi) is 8.08. The molecule has 0 saturated carbocycles. The summed E-state index contributed by atoms with van der Waals surface area (Å²) in [6, 6.07) is 7.92. The molecule has 0 aliphatic carbocycles. The van der Waals surface area contributed by atoms with E-state index < -0.39 is 32.1 Å². The summed E-state index contributed by atoms with van der Waals surface area (Å²) in [6.07, 6.45) is 0. The minimum Gasteiger partial charge on any atom is -0.490 e. The van der Waals surface area contributed by atoms with Crippen LogP contribution in [0, 0.1) is 0 Å². The van der Waals surface area contributed by atoms with Crippen molar-refractivity contribution in [3.63, 3.8) is 0 Å². The zero-order chi connectivity index (χ0) is 22.5. The maximum atomic E-state index is 12.3. The molecule has 2 rings (SSSR count). The summed E-state index contributed by atoms with van der Waals surface area (Å²) in [4.78, 5) is 11.8. The van der Waals surface area contributed by atoms with Gasteiger partial charge in [0.05, 0.1) is 19.8 Å². The molecule has 0 aliphatic heterocycles. The fourth-order valence-corrected chi connectivity index (χ4v) is 4.24. The fourth-order valence-electron chi connectivity index (χ4n) is 2.15. The van der Waals surface area contributed by atoms with Gasteiger partial charge in [-0.3, -0.25) is 4.79 Å². The Morgan fingerprint density at radius 2 is 1.60 bits per heavy atom. The van der Waals surface area contributed by atoms with E-state index in [-0.39, 0.29) is 33.0 Å². The van der Waals surface area contributed by atoms with Crippen LogP contribution in [0.1, 0.15) is 6.92 Å². The number of esters is 1. The molecule has 0 heterocycles. The van der Waals surface area contributed by atoms with Crippen LogP contribution in [-0.2, 0) is 29.6 Å². The SMILES string of the molecule is C[C@H](NS(=O)(=O)c1ccc(Cl)c(Cl)c1)C(=O)OCCOc1ccc(S(N)(=O)=O)cc1. The van der Waals surface area contributed by atoms with Gasteiger partial charge in [-0.2, -0.15) is 4.72 Å². The van der Waals surface area contributed by atoms with Crippen LogP contribution < -0.4 is 14.6 Å². The van der Waals surface area contributed by atoms with Crippen molar-refractivity contribution in [1.29, 1.82) is 0 Å². The Bertz CT molecular complexity index is 1120. The van der Waals surface area contributed by atoms with Crippen LogP contribution in [0.3, 0.4) is 0 Å². The molecular weight excluding hydrogens is 479 g/mol. The number of ether oxygens (including phenoxy) is 2. The normalized spacial score (nSPS) is 12.9. The topological polar surface area (TPSA) is 142 Å². The zero-order valence-electron chi connectivity index (χ0n) is 15.5. The lowest BCUT2D eigenvalue weighted by Gasteiger charge is -2.14. The largest absolute Gasteiger partial charge is 0.490 e. The van der Waals surface area contributed by atoms with Gasteiger partial charge in [0.15, 0.2) is 0 Å². The van der Waals surface area contributed by atoms with Crippen molar-refractivity contribution in [2.75, 3.05) is 13.2 Å². The Hall–Kier alpha value is -1.89. The van der Waals surface area contributed by atoms with Gasteiger partial charge in [-0.15, -0.1) is 0 Å². The van der Waals surface area contributed by atoms with Gasteiger partial charge < -0.3 is 9.47 Å². The van der Waals surface area contributed by atoms with Crippen LogP contribution in [0.4, 0.5) is 0 Å². The molecule has 0 bridgehead atoms. The molecule has 30 heavy (non-hydrogen) atoms. The van der Waals surface area contributed by atoms with E-state index in [9.17, 15) is 21.6 Å². The monoisotopic (exact) mass is 496 g/mol. The number of nitrogens with one attached hydrogen (secondary N) is 1. The van der Waals surface area contributed by atoms with E-state index in [0.717, 1.165) is 0 Å². The van der Waals surface area contributed by atoms with Gasteiger partial charge in [0.25, 0.3) is 0 Å². The molecule has 1 atom stereocenters. The van der Waals surface area contributed by atoms with Gasteiger partial charge in [0.2, 0.25) is 20.0 Å². The molecule has 0 fully saturated rings. The molecule has 3 N–H and O–H groups in total. The summed E-state index contributed by atoms with van der Waals surface area (Å²) >= 11 is 11.6. The molecule has 9 nitrogen and oxygen atoms in total. The number of benzene rings is 2. The first-order valence-electron chi connectivity index (χ1n) is 8.30. The van der Waals surface area contributed by atoms with Gasteiger partial charge in [-0.1, -0.05) is 23.2 Å². The van der Waals surface area contributed by atoms with Crippen molar-refractivity contribution in [3.8, 4) is 5.75 Å². The third-order valence-electron chi connectivity index (χ3n) is 3.64. The van der Waals surface area contributed by atoms with E-state index in [1.165, 1.54) is 49.4 Å². The second kappa shape index (κ2) is 9.94. The van der Waals surface area contributed by atoms with E-state index >= 15 is 0 Å². The van der Waals surface area contributed by atoms with E-state index in [0.29, 0.717) is 5.75 Å². The van der Waals surface area contributed by atoms with Crippen molar-refractivity contribution in [2.45, 2.75) is 22.8 Å². The highest BCUT2D eigenvalue weighted by Crippen LogP contribution is 2.24. The minimum absolute atomic E-state index is 0.0350. The number of primary sulfonamides is 1. The Balaban J connectivity index is 1.83. The summed E-state index contributed by atoms with van der Waals surface area (Å²) in [5.74, 6) is -0.473. The predicted octanol–water partition coefficient (Wildman–Crippen LogP) is 1.93. The lowest BCUT2D eigenvalue weighted by Crippen LogP contribution is -2.39. The third-order valence-corrected chi connectivity index (χ3v) is 6.84. The smallest absolute Gasteiger partial charge is 0.324 e. The van der Waals surface area contributed by atoms with Crippen LogP contribution in [0.2, 0.25) is 10.0 Å². The van der Waals surface area contributed by atoms with Crippen LogP contribution in [0.5, 0.6) is 5.75 Å². The van der Waals surface area contributed by atoms with E-state index in [1.807, 2.05) is 0 Å². The van der Waals surface area contributed by atoms with Crippen molar-refractivity contribution in [1.82, 2.24) is 4.72 Å². The molecule has 0 saturated heterocycles. The first-order valence-corrected chi connectivity index (χ1v) is 12.1. The van der Waals surface area contributed by atoms with E-state index in [2.05, 4.69) is 4.72 Å². The van der Waals surface area contributed by atoms with Crippen molar-refractivity contribution in [3.05, 3.63) is 52.5 Å². The standard InChI is InChI=1S/C17H18Cl2N2O7S2/c1-11(21-30(25,26)14-6-7-15(18)16(19)10-14)17(22)28-9-8-27-12-2-4-13(5-3-12)29(20,23)24/h2-7,10-11,21H,8-9H2,1H3,(H2,20,23,24)/t11-/m0/s1. The maximum absolute atomic E-state index is 12.3. The van der Waals surface area contributed by atoms with Gasteiger partial charge in [-0.05, 0) is 49.4 Å². The van der Waals surface area contributed by atoms with Crippen molar-refractivity contribution in [2.24, 2.45) is 5.14 Å². The molecule has 164 valence electrons. The number of rotatable bonds is 9. The highest BCUT2D eigenvalue weighted by Gasteiger charge is 2.23. The lowest BCUT2D eigenvalue weighted by atomic mass is 10.3. The number of sulfonamides is 2. The molecule has 0 unspecified atom stereocenters. The molecule has 0 amide bonds. The average molecular weight is 497 g/mol. The minimum atomic E-state index is -4.02. The average Bonchev–Trinajstić information content (AvgIpc) is 2.66. The highest BCUT2D eigenvalue weighted by molar-refractivity contribution is 7.89. The van der Waals surface area contributed by atoms with Crippen LogP contribution in [0.25, 0.3) is 0 Å². The van der Waals surface area contributed by atoms with E-state index in [1.54, 1.807) is 0 Å². The van der Waals surface area contributed by atoms with Crippen LogP contribution >= 0.6 is 23.2 Å². The van der Waals surface area contributed by atoms with Gasteiger partial charge in [0, 0.05) is 0 Å². The Labute approximate surface area is 184 Å². The summed E-state index contributed by atoms with van der Waals surface area (Å²) < 4.78 is 59.5. The molecule has 0 spiro atoms. The molecular formula is C17H18Cl2N2O7S2. The number of halogens is 2. The summed E-state index contributed by atoms with van der Waals surface area (Å²) in [5.41, 5.74) is 0. The predicted molar refractivity (Wildman–Crippen MR) is 111 cm³/mol. The number of nitrogens with two attached hydrogens (primary N) is 1. The maximum Gasteiger partial charge on any atom is 0.324 e. The number of carbonyl (C=O) groups excluding carboxylic acids is 1. The molecule has 0 aromatic heterocycles. The first kappa shape index (κ1) is 24.4. The quantitative estimate of drug-likeness (QED) is 0.398. The number of hydrogen-bond acceptors (Lipinski definition) is 7. The number of carbonyl (C=O) groups is 1. The molecule has 0 radical (unpaired) electrons. The summed E-state index contributed by atoms with van der Waals surface area (Å²) in [6.45, 7) is 1.13.